The number of hydrogen-bond acceptors (Lipinski definition) is 5. The molecular weight excluding hydrogens is 306 g/mol. The Balaban J connectivity index is 1.98. The fraction of sp³-hybridized carbons (Fsp3) is 0.0556. The van der Waals surface area contributed by atoms with Crippen LogP contribution in [0.3, 0.4) is 0 Å². The van der Waals surface area contributed by atoms with Gasteiger partial charge >= 0.3 is 5.97 Å². The van der Waals surface area contributed by atoms with Gasteiger partial charge in [0.25, 0.3) is 0 Å². The predicted molar refractivity (Wildman–Crippen MR) is 90.7 cm³/mol. The molecule has 0 fully saturated rings. The smallest absolute Gasteiger partial charge is 0.341 e. The number of anilines is 2. The summed E-state index contributed by atoms with van der Waals surface area (Å²) in [5, 5.41) is 12.4. The third-order valence-electron chi connectivity index (χ3n) is 3.40. The summed E-state index contributed by atoms with van der Waals surface area (Å²) in [5.41, 5.74) is 1.52. The molecule has 0 radical (unpaired) electrons. The lowest BCUT2D eigenvalue weighted by atomic mass is 10.2. The Morgan fingerprint density at radius 1 is 1.08 bits per heavy atom. The van der Waals surface area contributed by atoms with Crippen LogP contribution in [0.2, 0.25) is 0 Å². The molecule has 0 amide bonds. The lowest BCUT2D eigenvalue weighted by Gasteiger charge is -2.10. The van der Waals surface area contributed by atoms with Crippen LogP contribution < -0.4 is 10.1 Å². The summed E-state index contributed by atoms with van der Waals surface area (Å²) in [6, 6.07) is 16.5. The number of hydrogen-bond donors (Lipinski definition) is 2. The summed E-state index contributed by atoms with van der Waals surface area (Å²) in [5.74, 6) is 0.315. The third-order valence-corrected chi connectivity index (χ3v) is 3.40. The van der Waals surface area contributed by atoms with Crippen molar-refractivity contribution in [3.63, 3.8) is 0 Å². The molecule has 0 aliphatic carbocycles. The Morgan fingerprint density at radius 3 is 2.42 bits per heavy atom. The highest BCUT2D eigenvalue weighted by atomic mass is 16.5. The molecule has 0 aliphatic heterocycles. The van der Waals surface area contributed by atoms with Gasteiger partial charge in [-0.2, -0.15) is 0 Å². The summed E-state index contributed by atoms with van der Waals surface area (Å²) in [7, 11) is 1.58. The van der Waals surface area contributed by atoms with E-state index in [1.165, 1.54) is 6.20 Å². The van der Waals surface area contributed by atoms with E-state index in [1.54, 1.807) is 31.4 Å². The Kier molecular flexibility index (Phi) is 4.38. The first-order valence-electron chi connectivity index (χ1n) is 7.24. The van der Waals surface area contributed by atoms with E-state index >= 15 is 0 Å². The largest absolute Gasteiger partial charge is 0.497 e. The number of nitrogens with one attached hydrogen (secondary N) is 1. The van der Waals surface area contributed by atoms with Crippen molar-refractivity contribution in [1.29, 1.82) is 0 Å². The van der Waals surface area contributed by atoms with E-state index in [1.807, 2.05) is 30.3 Å². The van der Waals surface area contributed by atoms with Gasteiger partial charge in [-0.1, -0.05) is 30.3 Å². The van der Waals surface area contributed by atoms with Gasteiger partial charge in [0, 0.05) is 17.4 Å². The van der Waals surface area contributed by atoms with Gasteiger partial charge < -0.3 is 15.2 Å². The van der Waals surface area contributed by atoms with E-state index in [2.05, 4.69) is 15.3 Å². The highest BCUT2D eigenvalue weighted by Crippen LogP contribution is 2.24. The average Bonchev–Trinajstić information content (AvgIpc) is 2.63. The number of rotatable bonds is 5. The molecule has 3 rings (SSSR count). The molecule has 3 aromatic rings. The van der Waals surface area contributed by atoms with Crippen molar-refractivity contribution in [2.75, 3.05) is 12.4 Å². The van der Waals surface area contributed by atoms with Gasteiger partial charge in [0.1, 0.15) is 17.1 Å². The van der Waals surface area contributed by atoms with Crippen LogP contribution in [0.1, 0.15) is 10.4 Å². The van der Waals surface area contributed by atoms with Crippen LogP contribution in [0.4, 0.5) is 11.5 Å². The van der Waals surface area contributed by atoms with Crippen LogP contribution in [-0.4, -0.2) is 28.2 Å². The maximum Gasteiger partial charge on any atom is 0.341 e. The molecule has 2 N–H and O–H groups in total. The number of benzene rings is 2. The van der Waals surface area contributed by atoms with Crippen molar-refractivity contribution in [3.05, 3.63) is 66.4 Å². The topological polar surface area (TPSA) is 84.3 Å². The van der Waals surface area contributed by atoms with Crippen LogP contribution >= 0.6 is 0 Å². The molecule has 0 unspecified atom stereocenters. The second kappa shape index (κ2) is 6.78. The normalized spacial score (nSPS) is 10.2. The molecule has 120 valence electrons. The average molecular weight is 321 g/mol. The van der Waals surface area contributed by atoms with E-state index < -0.39 is 5.97 Å². The SMILES string of the molecule is COc1ccc(Nc2nc(-c3ccccc3)ncc2C(=O)O)cc1. The van der Waals surface area contributed by atoms with Gasteiger partial charge in [0.15, 0.2) is 5.82 Å². The fourth-order valence-corrected chi connectivity index (χ4v) is 2.17. The minimum atomic E-state index is -1.09. The van der Waals surface area contributed by atoms with Crippen LogP contribution in [0.15, 0.2) is 60.8 Å². The maximum absolute atomic E-state index is 11.4. The van der Waals surface area contributed by atoms with E-state index in [-0.39, 0.29) is 11.4 Å². The number of aromatic carboxylic acids is 1. The molecule has 0 saturated carbocycles. The van der Waals surface area contributed by atoms with Gasteiger partial charge in [-0.15, -0.1) is 0 Å². The molecule has 0 saturated heterocycles. The number of nitrogens with zero attached hydrogens (tertiary/aromatic N) is 2. The molecule has 6 nitrogen and oxygen atoms in total. The van der Waals surface area contributed by atoms with Crippen molar-refractivity contribution in [3.8, 4) is 17.1 Å². The Morgan fingerprint density at radius 2 is 1.79 bits per heavy atom. The van der Waals surface area contributed by atoms with Crippen molar-refractivity contribution < 1.29 is 14.6 Å². The van der Waals surface area contributed by atoms with Gasteiger partial charge in [-0.25, -0.2) is 14.8 Å². The summed E-state index contributed by atoms with van der Waals surface area (Å²) < 4.78 is 5.11. The zero-order chi connectivity index (χ0) is 16.9. The Labute approximate surface area is 138 Å². The van der Waals surface area contributed by atoms with E-state index in [4.69, 9.17) is 4.74 Å². The zero-order valence-electron chi connectivity index (χ0n) is 12.9. The van der Waals surface area contributed by atoms with Crippen molar-refractivity contribution >= 4 is 17.5 Å². The maximum atomic E-state index is 11.4. The van der Waals surface area contributed by atoms with E-state index in [9.17, 15) is 9.90 Å². The first-order valence-corrected chi connectivity index (χ1v) is 7.24. The van der Waals surface area contributed by atoms with Crippen LogP contribution in [0, 0.1) is 0 Å². The lowest BCUT2D eigenvalue weighted by molar-refractivity contribution is 0.0697. The van der Waals surface area contributed by atoms with Crippen LogP contribution in [0.25, 0.3) is 11.4 Å². The quantitative estimate of drug-likeness (QED) is 0.747. The predicted octanol–water partition coefficient (Wildman–Crippen LogP) is 3.59. The molecule has 6 heteroatoms. The van der Waals surface area contributed by atoms with E-state index in [0.29, 0.717) is 17.3 Å². The second-order valence-electron chi connectivity index (χ2n) is 4.98. The van der Waals surface area contributed by atoms with Gasteiger partial charge in [-0.3, -0.25) is 0 Å². The lowest BCUT2D eigenvalue weighted by Crippen LogP contribution is -2.07. The van der Waals surface area contributed by atoms with Crippen molar-refractivity contribution in [2.45, 2.75) is 0 Å². The molecule has 0 aliphatic rings. The van der Waals surface area contributed by atoms with Crippen molar-refractivity contribution in [1.82, 2.24) is 9.97 Å². The minimum Gasteiger partial charge on any atom is -0.497 e. The molecule has 0 atom stereocenters. The standard InChI is InChI=1S/C18H15N3O3/c1-24-14-9-7-13(8-10-14)20-17-15(18(22)23)11-19-16(21-17)12-5-3-2-4-6-12/h2-11H,1H3,(H,22,23)(H,19,20,21). The molecule has 2 aromatic carbocycles. The first kappa shape index (κ1) is 15.5. The minimum absolute atomic E-state index is 0.00509. The second-order valence-corrected chi connectivity index (χ2v) is 4.98. The highest BCUT2D eigenvalue weighted by molar-refractivity contribution is 5.94. The molecular formula is C18H15N3O3. The summed E-state index contributed by atoms with van der Waals surface area (Å²) in [6.07, 6.45) is 1.31. The van der Waals surface area contributed by atoms with Gasteiger partial charge in [0.05, 0.1) is 7.11 Å². The molecule has 1 aromatic heterocycles. The Hall–Kier alpha value is -3.41. The van der Waals surface area contributed by atoms with Crippen molar-refractivity contribution in [2.24, 2.45) is 0 Å². The monoisotopic (exact) mass is 321 g/mol. The molecule has 1 heterocycles. The fourth-order valence-electron chi connectivity index (χ4n) is 2.17. The van der Waals surface area contributed by atoms with Crippen LogP contribution in [0.5, 0.6) is 5.75 Å². The number of methoxy groups -OCH3 is 1. The Bertz CT molecular complexity index is 849. The summed E-state index contributed by atoms with van der Waals surface area (Å²) >= 11 is 0. The highest BCUT2D eigenvalue weighted by Gasteiger charge is 2.14. The van der Waals surface area contributed by atoms with Gasteiger partial charge in [0.2, 0.25) is 0 Å². The molecule has 0 spiro atoms. The number of carbonyl (C=O) groups is 1. The molecule has 0 bridgehead atoms. The molecule has 24 heavy (non-hydrogen) atoms. The zero-order valence-corrected chi connectivity index (χ0v) is 12.9. The number of ether oxygens (including phenoxy) is 1. The van der Waals surface area contributed by atoms with Gasteiger partial charge in [-0.05, 0) is 24.3 Å². The van der Waals surface area contributed by atoms with Crippen LogP contribution in [-0.2, 0) is 0 Å². The summed E-state index contributed by atoms with van der Waals surface area (Å²) in [4.78, 5) is 19.9. The number of aromatic nitrogens is 2. The van der Waals surface area contributed by atoms with E-state index in [0.717, 1.165) is 5.56 Å². The summed E-state index contributed by atoms with van der Waals surface area (Å²) in [6.45, 7) is 0. The number of carboxylic acid groups (broad SMARTS) is 1. The first-order chi connectivity index (χ1) is 11.7. The third kappa shape index (κ3) is 3.33. The number of carboxylic acids is 1.